The highest BCUT2D eigenvalue weighted by Gasteiger charge is 2.60. The molecule has 4 saturated carbocycles. The number of hydrogen-bond donors (Lipinski definition) is 0. The Morgan fingerprint density at radius 3 is 2.54 bits per heavy atom. The van der Waals surface area contributed by atoms with Crippen LogP contribution in [-0.4, -0.2) is 20.5 Å². The lowest BCUT2D eigenvalue weighted by Crippen LogP contribution is -2.53. The third kappa shape index (κ3) is 4.17. The fraction of sp³-hybridized carbons (Fsp3) is 0.774. The number of Topliss-reactive ketones (excluding diaryl/α,β-unsaturated/α-hetero) is 1. The first kappa shape index (κ1) is 25.0. The van der Waals surface area contributed by atoms with E-state index in [-0.39, 0.29) is 11.3 Å². The van der Waals surface area contributed by atoms with E-state index in [1.165, 1.54) is 57.8 Å². The van der Waals surface area contributed by atoms with Crippen LogP contribution < -0.4 is 0 Å². The van der Waals surface area contributed by atoms with E-state index in [2.05, 4.69) is 44.7 Å². The highest BCUT2D eigenvalue weighted by Crippen LogP contribution is 2.67. The van der Waals surface area contributed by atoms with Crippen LogP contribution in [0.3, 0.4) is 0 Å². The average molecular weight is 478 g/mol. The summed E-state index contributed by atoms with van der Waals surface area (Å²) in [7, 11) is 0. The van der Waals surface area contributed by atoms with E-state index >= 15 is 0 Å². The lowest BCUT2D eigenvalue weighted by Gasteiger charge is -2.61. The third-order valence-corrected chi connectivity index (χ3v) is 11.1. The zero-order valence-corrected chi connectivity index (χ0v) is 22.8. The molecule has 0 spiro atoms. The molecule has 0 N–H and O–H groups in total. The summed E-state index contributed by atoms with van der Waals surface area (Å²) in [6, 6.07) is 1.97. The highest BCUT2D eigenvalue weighted by molar-refractivity contribution is 5.84. The minimum Gasteiger partial charge on any atom is -0.297 e. The highest BCUT2D eigenvalue weighted by atomic mass is 16.1. The van der Waals surface area contributed by atoms with E-state index in [9.17, 15) is 4.79 Å². The van der Waals surface area contributed by atoms with Crippen molar-refractivity contribution in [1.29, 1.82) is 0 Å². The molecule has 0 amide bonds. The van der Waals surface area contributed by atoms with Crippen LogP contribution in [0.15, 0.2) is 24.7 Å². The number of hydrogen-bond acceptors (Lipinski definition) is 3. The number of ketones is 1. The van der Waals surface area contributed by atoms with E-state index in [1.807, 2.05) is 23.1 Å². The molecule has 8 atom stereocenters. The Morgan fingerprint density at radius 2 is 1.74 bits per heavy atom. The minimum atomic E-state index is 0.185. The van der Waals surface area contributed by atoms with Crippen molar-refractivity contribution in [2.24, 2.45) is 46.3 Å². The summed E-state index contributed by atoms with van der Waals surface area (Å²) in [4.78, 5) is 17.9. The van der Waals surface area contributed by atoms with Crippen molar-refractivity contribution in [2.75, 3.05) is 0 Å². The quantitative estimate of drug-likeness (QED) is 0.455. The van der Waals surface area contributed by atoms with E-state index in [0.29, 0.717) is 17.7 Å². The molecule has 4 heteroatoms. The van der Waals surface area contributed by atoms with Crippen molar-refractivity contribution in [3.8, 4) is 0 Å². The summed E-state index contributed by atoms with van der Waals surface area (Å²) in [6.07, 6.45) is 18.8. The molecule has 35 heavy (non-hydrogen) atoms. The lowest BCUT2D eigenvalue weighted by atomic mass is 9.44. The van der Waals surface area contributed by atoms with Crippen molar-refractivity contribution < 1.29 is 4.79 Å². The fourth-order valence-corrected chi connectivity index (χ4v) is 9.30. The predicted octanol–water partition coefficient (Wildman–Crippen LogP) is 7.71. The molecule has 4 aliphatic rings. The van der Waals surface area contributed by atoms with Gasteiger partial charge in [-0.2, -0.15) is 5.10 Å². The monoisotopic (exact) mass is 477 g/mol. The van der Waals surface area contributed by atoms with Crippen LogP contribution >= 0.6 is 0 Å². The summed E-state index contributed by atoms with van der Waals surface area (Å²) >= 11 is 0. The van der Waals surface area contributed by atoms with Crippen molar-refractivity contribution in [3.63, 3.8) is 0 Å². The van der Waals surface area contributed by atoms with Crippen LogP contribution in [0.5, 0.6) is 0 Å². The van der Waals surface area contributed by atoms with Crippen LogP contribution in [0, 0.1) is 46.3 Å². The van der Waals surface area contributed by atoms with E-state index in [4.69, 9.17) is 0 Å². The summed E-state index contributed by atoms with van der Waals surface area (Å²) in [5, 5.41) is 5.58. The second-order valence-electron chi connectivity index (χ2n) is 13.1. The summed E-state index contributed by atoms with van der Waals surface area (Å²) in [5.41, 5.74) is 1.71. The van der Waals surface area contributed by atoms with Crippen LogP contribution in [0.1, 0.15) is 98.8 Å². The molecule has 0 radical (unpaired) electrons. The Bertz CT molecular complexity index is 1040. The van der Waals surface area contributed by atoms with Gasteiger partial charge in [0.05, 0.1) is 17.9 Å². The van der Waals surface area contributed by atoms with Gasteiger partial charge in [0.15, 0.2) is 5.78 Å². The van der Waals surface area contributed by atoms with Crippen LogP contribution in [0.4, 0.5) is 0 Å². The molecule has 0 saturated heterocycles. The molecule has 2 aromatic rings. The maximum Gasteiger partial charge on any atom is 0.157 e. The molecule has 2 aromatic heterocycles. The molecule has 0 aliphatic heterocycles. The Balaban J connectivity index is 0.000000806. The molecule has 0 aromatic carbocycles. The van der Waals surface area contributed by atoms with Gasteiger partial charge in [-0.1, -0.05) is 47.5 Å². The molecular formula is C31H47N3O. The van der Waals surface area contributed by atoms with Gasteiger partial charge in [0.25, 0.3) is 0 Å². The largest absolute Gasteiger partial charge is 0.297 e. The number of aromatic nitrogens is 3. The molecular weight excluding hydrogens is 430 g/mol. The standard InChI is InChI=1S/C28H39N3O.C3H8/c1-18-8-11-27(2)20(14-18)4-5-21-22-6-7-24(28(22,3)12-9-23(21)27)26(32)17-31-25-16-29-13-10-19(25)15-30-31;1-3-2/h10,13,15-16,18,20-24H,4-9,11-12,14,17H2,1-3H3;3H2,1-2H3/t18?,20?,21?,22?,23?,24-,27?,28?;/m1./s1. The number of nitrogens with zero attached hydrogens (tertiary/aromatic N) is 3. The maximum atomic E-state index is 13.6. The van der Waals surface area contributed by atoms with Gasteiger partial charge < -0.3 is 0 Å². The van der Waals surface area contributed by atoms with Gasteiger partial charge in [-0.25, -0.2) is 0 Å². The maximum absolute atomic E-state index is 13.6. The van der Waals surface area contributed by atoms with Crippen LogP contribution in [0.2, 0.25) is 0 Å². The topological polar surface area (TPSA) is 47.8 Å². The third-order valence-electron chi connectivity index (χ3n) is 11.1. The van der Waals surface area contributed by atoms with Gasteiger partial charge in [0, 0.05) is 17.5 Å². The molecule has 4 aliphatic carbocycles. The Hall–Kier alpha value is -1.71. The average Bonchev–Trinajstić information content (AvgIpc) is 3.41. The first-order valence-electron chi connectivity index (χ1n) is 14.6. The number of carbonyl (C=O) groups excluding carboxylic acids is 1. The molecule has 4 fully saturated rings. The van der Waals surface area contributed by atoms with E-state index in [1.54, 1.807) is 6.20 Å². The smallest absolute Gasteiger partial charge is 0.157 e. The zero-order chi connectivity index (χ0) is 24.8. The zero-order valence-electron chi connectivity index (χ0n) is 22.8. The molecule has 2 heterocycles. The Kier molecular flexibility index (Phi) is 6.87. The minimum absolute atomic E-state index is 0.185. The predicted molar refractivity (Wildman–Crippen MR) is 143 cm³/mol. The van der Waals surface area contributed by atoms with Gasteiger partial charge in [0.1, 0.15) is 6.54 Å². The molecule has 7 unspecified atom stereocenters. The van der Waals surface area contributed by atoms with E-state index < -0.39 is 0 Å². The Labute approximate surface area is 212 Å². The number of rotatable bonds is 3. The lowest BCUT2D eigenvalue weighted by molar-refractivity contribution is -0.137. The number of fused-ring (bicyclic) bond motifs is 6. The van der Waals surface area contributed by atoms with E-state index in [0.717, 1.165) is 46.9 Å². The Morgan fingerprint density at radius 1 is 1.00 bits per heavy atom. The van der Waals surface area contributed by atoms with Gasteiger partial charge >= 0.3 is 0 Å². The fourth-order valence-electron chi connectivity index (χ4n) is 9.30. The van der Waals surface area contributed by atoms with Gasteiger partial charge in [-0.15, -0.1) is 0 Å². The van der Waals surface area contributed by atoms with Crippen molar-refractivity contribution in [1.82, 2.24) is 14.8 Å². The molecule has 4 nitrogen and oxygen atoms in total. The van der Waals surface area contributed by atoms with Gasteiger partial charge in [-0.3, -0.25) is 14.5 Å². The van der Waals surface area contributed by atoms with Crippen LogP contribution in [0.25, 0.3) is 10.9 Å². The first-order chi connectivity index (χ1) is 16.8. The van der Waals surface area contributed by atoms with Crippen molar-refractivity contribution in [3.05, 3.63) is 24.7 Å². The van der Waals surface area contributed by atoms with Crippen molar-refractivity contribution in [2.45, 2.75) is 105 Å². The second-order valence-corrected chi connectivity index (χ2v) is 13.1. The number of pyridine rings is 1. The normalized spacial score (nSPS) is 40.3. The first-order valence-corrected chi connectivity index (χ1v) is 14.6. The van der Waals surface area contributed by atoms with Gasteiger partial charge in [0.2, 0.25) is 0 Å². The summed E-state index contributed by atoms with van der Waals surface area (Å²) in [6.45, 7) is 12.2. The molecule has 6 rings (SSSR count). The van der Waals surface area contributed by atoms with Crippen molar-refractivity contribution >= 4 is 16.7 Å². The molecule has 0 bridgehead atoms. The summed E-state index contributed by atoms with van der Waals surface area (Å²) < 4.78 is 1.88. The summed E-state index contributed by atoms with van der Waals surface area (Å²) in [5.74, 6) is 4.93. The van der Waals surface area contributed by atoms with Crippen LogP contribution in [-0.2, 0) is 11.3 Å². The SMILES string of the molecule is CC1CCC2(C)C(CCC3C2CCC2(C)C3CC[C@@H]2C(=O)Cn2ncc3ccncc32)C1.CCC. The second kappa shape index (κ2) is 9.63. The van der Waals surface area contributed by atoms with Gasteiger partial charge in [-0.05, 0) is 97.9 Å². The molecule has 192 valence electrons. The number of carbonyl (C=O) groups is 1.